The monoisotopic (exact) mass is 278 g/mol. The van der Waals surface area contributed by atoms with Gasteiger partial charge in [0.15, 0.2) is 0 Å². The highest BCUT2D eigenvalue weighted by Crippen LogP contribution is 2.15. The molecule has 1 aliphatic heterocycles. The largest absolute Gasteiger partial charge is 0.357 e. The van der Waals surface area contributed by atoms with Crippen LogP contribution in [0.5, 0.6) is 0 Å². The van der Waals surface area contributed by atoms with Gasteiger partial charge in [-0.15, -0.1) is 12.4 Å². The van der Waals surface area contributed by atoms with E-state index in [2.05, 4.69) is 27.2 Å². The van der Waals surface area contributed by atoms with Crippen molar-refractivity contribution in [2.45, 2.75) is 18.9 Å². The molecule has 4 nitrogen and oxygen atoms in total. The third kappa shape index (κ3) is 3.14. The number of hydrogen-bond acceptors (Lipinski definition) is 4. The number of likely N-dealkylation sites (N-methyl/N-ethyl adjacent to an activating group) is 1. The number of para-hydroxylation sites is 2. The normalized spacial score (nSPS) is 18.3. The van der Waals surface area contributed by atoms with E-state index >= 15 is 0 Å². The maximum atomic E-state index is 4.65. The first kappa shape index (κ1) is 14.0. The van der Waals surface area contributed by atoms with Gasteiger partial charge in [0.25, 0.3) is 0 Å². The molecule has 0 amide bonds. The molecule has 1 fully saturated rings. The van der Waals surface area contributed by atoms with Crippen molar-refractivity contribution in [3.8, 4) is 0 Å². The number of hydrogen-bond donors (Lipinski definition) is 1. The van der Waals surface area contributed by atoms with Crippen molar-refractivity contribution in [1.29, 1.82) is 0 Å². The fourth-order valence-corrected chi connectivity index (χ4v) is 2.47. The topological polar surface area (TPSA) is 41.0 Å². The third-order valence-electron chi connectivity index (χ3n) is 3.48. The van der Waals surface area contributed by atoms with Crippen LogP contribution >= 0.6 is 12.4 Å². The number of anilines is 1. The van der Waals surface area contributed by atoms with Crippen LogP contribution in [0.4, 0.5) is 5.82 Å². The molecule has 2 aromatic rings. The predicted octanol–water partition coefficient (Wildman–Crippen LogP) is 2.24. The van der Waals surface area contributed by atoms with Gasteiger partial charge in [-0.3, -0.25) is 4.98 Å². The van der Waals surface area contributed by atoms with E-state index in [1.807, 2.05) is 30.5 Å². The second-order valence-corrected chi connectivity index (χ2v) is 4.89. The summed E-state index contributed by atoms with van der Waals surface area (Å²) in [6.45, 7) is 2.13. The summed E-state index contributed by atoms with van der Waals surface area (Å²) in [7, 11) is 2.08. The summed E-state index contributed by atoms with van der Waals surface area (Å²) < 4.78 is 0. The molecule has 1 aromatic heterocycles. The van der Waals surface area contributed by atoms with Gasteiger partial charge in [0.2, 0.25) is 0 Å². The Morgan fingerprint density at radius 1 is 1.32 bits per heavy atom. The van der Waals surface area contributed by atoms with Gasteiger partial charge in [-0.1, -0.05) is 12.1 Å². The standard InChI is InChI=1S/C14H18N4.ClH/c1-18(10-11-5-4-8-15-11)14-9-16-12-6-2-3-7-13(12)17-14;/h2-3,6-7,9,11,15H,4-5,8,10H2,1H3;1H. The molecular formula is C14H19ClN4. The number of nitrogens with one attached hydrogen (secondary N) is 1. The Hall–Kier alpha value is -1.39. The van der Waals surface area contributed by atoms with Crippen molar-refractivity contribution in [2.24, 2.45) is 0 Å². The van der Waals surface area contributed by atoms with E-state index in [1.165, 1.54) is 12.8 Å². The summed E-state index contributed by atoms with van der Waals surface area (Å²) in [5.74, 6) is 0.947. The molecule has 0 radical (unpaired) electrons. The Kier molecular flexibility index (Phi) is 4.56. The fourth-order valence-electron chi connectivity index (χ4n) is 2.47. The minimum atomic E-state index is 0. The van der Waals surface area contributed by atoms with Crippen LogP contribution in [0.15, 0.2) is 30.5 Å². The lowest BCUT2D eigenvalue weighted by Crippen LogP contribution is -2.35. The Morgan fingerprint density at radius 2 is 2.11 bits per heavy atom. The average Bonchev–Trinajstić information content (AvgIpc) is 2.91. The zero-order valence-electron chi connectivity index (χ0n) is 11.0. The molecule has 102 valence electrons. The van der Waals surface area contributed by atoms with Gasteiger partial charge in [-0.2, -0.15) is 0 Å². The summed E-state index contributed by atoms with van der Waals surface area (Å²) in [4.78, 5) is 11.3. The van der Waals surface area contributed by atoms with Gasteiger partial charge in [0.05, 0.1) is 17.2 Å². The highest BCUT2D eigenvalue weighted by atomic mass is 35.5. The second-order valence-electron chi connectivity index (χ2n) is 4.89. The van der Waals surface area contributed by atoms with Crippen molar-refractivity contribution >= 4 is 29.3 Å². The minimum absolute atomic E-state index is 0. The average molecular weight is 279 g/mol. The summed E-state index contributed by atoms with van der Waals surface area (Å²) in [6.07, 6.45) is 4.39. The van der Waals surface area contributed by atoms with E-state index in [-0.39, 0.29) is 12.4 Å². The van der Waals surface area contributed by atoms with Gasteiger partial charge in [-0.25, -0.2) is 4.98 Å². The van der Waals surface area contributed by atoms with Crippen LogP contribution in [0.3, 0.4) is 0 Å². The number of benzene rings is 1. The smallest absolute Gasteiger partial charge is 0.147 e. The molecule has 19 heavy (non-hydrogen) atoms. The second kappa shape index (κ2) is 6.17. The molecule has 1 aromatic carbocycles. The summed E-state index contributed by atoms with van der Waals surface area (Å²) in [5, 5.41) is 3.50. The van der Waals surface area contributed by atoms with Gasteiger partial charge in [-0.05, 0) is 31.5 Å². The van der Waals surface area contributed by atoms with E-state index in [1.54, 1.807) is 0 Å². The number of fused-ring (bicyclic) bond motifs is 1. The maximum Gasteiger partial charge on any atom is 0.147 e. The molecule has 1 unspecified atom stereocenters. The van der Waals surface area contributed by atoms with Crippen LogP contribution in [0, 0.1) is 0 Å². The molecule has 2 heterocycles. The number of nitrogens with zero attached hydrogens (tertiary/aromatic N) is 3. The fraction of sp³-hybridized carbons (Fsp3) is 0.429. The van der Waals surface area contributed by atoms with Crippen LogP contribution in [-0.4, -0.2) is 36.1 Å². The molecule has 1 atom stereocenters. The van der Waals surface area contributed by atoms with Gasteiger partial charge < -0.3 is 10.2 Å². The molecule has 5 heteroatoms. The van der Waals surface area contributed by atoms with Crippen molar-refractivity contribution in [2.75, 3.05) is 25.0 Å². The van der Waals surface area contributed by atoms with Crippen molar-refractivity contribution < 1.29 is 0 Å². The van der Waals surface area contributed by atoms with Crippen LogP contribution in [0.25, 0.3) is 11.0 Å². The van der Waals surface area contributed by atoms with Crippen LogP contribution in [0.2, 0.25) is 0 Å². The SMILES string of the molecule is CN(CC1CCCN1)c1cnc2ccccc2n1.Cl. The molecule has 0 saturated carbocycles. The quantitative estimate of drug-likeness (QED) is 0.935. The van der Waals surface area contributed by atoms with Crippen molar-refractivity contribution in [3.05, 3.63) is 30.5 Å². The molecular weight excluding hydrogens is 260 g/mol. The molecule has 0 bridgehead atoms. The highest BCUT2D eigenvalue weighted by molar-refractivity contribution is 5.85. The van der Waals surface area contributed by atoms with Crippen LogP contribution in [0.1, 0.15) is 12.8 Å². The molecule has 1 aliphatic rings. The van der Waals surface area contributed by atoms with Gasteiger partial charge >= 0.3 is 0 Å². The Labute approximate surface area is 119 Å². The number of aromatic nitrogens is 2. The molecule has 0 aliphatic carbocycles. The summed E-state index contributed by atoms with van der Waals surface area (Å²) in [6, 6.07) is 8.57. The maximum absolute atomic E-state index is 4.65. The molecule has 1 saturated heterocycles. The third-order valence-corrected chi connectivity index (χ3v) is 3.48. The number of halogens is 1. The van der Waals surface area contributed by atoms with Gasteiger partial charge in [0, 0.05) is 19.6 Å². The van der Waals surface area contributed by atoms with Crippen molar-refractivity contribution in [1.82, 2.24) is 15.3 Å². The van der Waals surface area contributed by atoms with Crippen LogP contribution < -0.4 is 10.2 Å². The lowest BCUT2D eigenvalue weighted by molar-refractivity contribution is 0.597. The first-order chi connectivity index (χ1) is 8.83. The lowest BCUT2D eigenvalue weighted by Gasteiger charge is -2.22. The van der Waals surface area contributed by atoms with Crippen molar-refractivity contribution in [3.63, 3.8) is 0 Å². The molecule has 0 spiro atoms. The van der Waals surface area contributed by atoms with Crippen LogP contribution in [-0.2, 0) is 0 Å². The Balaban J connectivity index is 0.00000133. The van der Waals surface area contributed by atoms with Gasteiger partial charge in [0.1, 0.15) is 5.82 Å². The lowest BCUT2D eigenvalue weighted by atomic mass is 10.2. The van der Waals surface area contributed by atoms with E-state index in [0.717, 1.165) is 29.9 Å². The predicted molar refractivity (Wildman–Crippen MR) is 81.1 cm³/mol. The Bertz CT molecular complexity index is 540. The first-order valence-corrected chi connectivity index (χ1v) is 6.49. The number of rotatable bonds is 3. The van der Waals surface area contributed by atoms with E-state index < -0.39 is 0 Å². The summed E-state index contributed by atoms with van der Waals surface area (Å²) >= 11 is 0. The Morgan fingerprint density at radius 3 is 2.84 bits per heavy atom. The van der Waals surface area contributed by atoms with E-state index in [9.17, 15) is 0 Å². The van der Waals surface area contributed by atoms with E-state index in [0.29, 0.717) is 6.04 Å². The molecule has 1 N–H and O–H groups in total. The zero-order chi connectivity index (χ0) is 12.4. The summed E-state index contributed by atoms with van der Waals surface area (Å²) in [5.41, 5.74) is 1.91. The first-order valence-electron chi connectivity index (χ1n) is 6.49. The highest BCUT2D eigenvalue weighted by Gasteiger charge is 2.16. The van der Waals surface area contributed by atoms with E-state index in [4.69, 9.17) is 0 Å². The minimum Gasteiger partial charge on any atom is -0.357 e. The molecule has 3 rings (SSSR count). The zero-order valence-corrected chi connectivity index (χ0v) is 11.9.